The van der Waals surface area contributed by atoms with Crippen LogP contribution in [0.2, 0.25) is 0 Å². The maximum Gasteiger partial charge on any atom is 0.257 e. The Morgan fingerprint density at radius 3 is 3.13 bits per heavy atom. The van der Waals surface area contributed by atoms with Gasteiger partial charge < -0.3 is 14.5 Å². The van der Waals surface area contributed by atoms with Gasteiger partial charge in [-0.2, -0.15) is 0 Å². The number of fused-ring (bicyclic) bond motifs is 1. The lowest BCUT2D eigenvalue weighted by Crippen LogP contribution is -2.24. The first-order valence-electron chi connectivity index (χ1n) is 4.60. The smallest absolute Gasteiger partial charge is 0.257 e. The molecule has 4 heteroatoms. The number of hydrogen-bond acceptors (Lipinski definition) is 3. The van der Waals surface area contributed by atoms with Crippen LogP contribution in [-0.4, -0.2) is 19.6 Å². The van der Waals surface area contributed by atoms with Gasteiger partial charge in [0.15, 0.2) is 6.61 Å². The van der Waals surface area contributed by atoms with Crippen LogP contribution in [0.25, 0.3) is 11.0 Å². The molecule has 0 fully saturated rings. The van der Waals surface area contributed by atoms with Gasteiger partial charge in [-0.05, 0) is 24.3 Å². The highest BCUT2D eigenvalue weighted by molar-refractivity contribution is 5.79. The lowest BCUT2D eigenvalue weighted by molar-refractivity contribution is -0.122. The molecule has 78 valence electrons. The number of hydrogen-bond donors (Lipinski definition) is 1. The molecule has 0 spiro atoms. The average Bonchev–Trinajstić information content (AvgIpc) is 2.72. The zero-order valence-corrected chi connectivity index (χ0v) is 8.32. The normalized spacial score (nSPS) is 10.2. The van der Waals surface area contributed by atoms with Crippen molar-refractivity contribution in [1.82, 2.24) is 5.32 Å². The molecule has 0 aliphatic carbocycles. The Labute approximate surface area is 86.8 Å². The monoisotopic (exact) mass is 205 g/mol. The van der Waals surface area contributed by atoms with Gasteiger partial charge in [-0.1, -0.05) is 0 Å². The highest BCUT2D eigenvalue weighted by atomic mass is 16.5. The third-order valence-electron chi connectivity index (χ3n) is 2.07. The Balaban J connectivity index is 2.11. The maximum absolute atomic E-state index is 10.9. The minimum atomic E-state index is -0.151. The van der Waals surface area contributed by atoms with Crippen molar-refractivity contribution in [2.75, 3.05) is 13.7 Å². The van der Waals surface area contributed by atoms with E-state index in [0.717, 1.165) is 11.0 Å². The van der Waals surface area contributed by atoms with Gasteiger partial charge in [0.1, 0.15) is 11.3 Å². The van der Waals surface area contributed by atoms with Crippen LogP contribution in [0.1, 0.15) is 0 Å². The molecular weight excluding hydrogens is 194 g/mol. The van der Waals surface area contributed by atoms with E-state index in [1.807, 2.05) is 18.2 Å². The first-order valence-corrected chi connectivity index (χ1v) is 4.60. The topological polar surface area (TPSA) is 51.5 Å². The van der Waals surface area contributed by atoms with E-state index in [0.29, 0.717) is 5.75 Å². The van der Waals surface area contributed by atoms with Gasteiger partial charge in [0.25, 0.3) is 5.91 Å². The molecular formula is C11H11NO3. The molecule has 2 rings (SSSR count). The van der Waals surface area contributed by atoms with Crippen LogP contribution in [0, 0.1) is 0 Å². The minimum absolute atomic E-state index is 0.0276. The number of carbonyl (C=O) groups is 1. The molecule has 1 amide bonds. The first kappa shape index (κ1) is 9.58. The molecule has 15 heavy (non-hydrogen) atoms. The summed E-state index contributed by atoms with van der Waals surface area (Å²) in [7, 11) is 1.57. The molecule has 1 heterocycles. The molecule has 0 unspecified atom stereocenters. The van der Waals surface area contributed by atoms with Crippen LogP contribution < -0.4 is 10.1 Å². The number of benzene rings is 1. The quantitative estimate of drug-likeness (QED) is 0.827. The molecule has 1 N–H and O–H groups in total. The Morgan fingerprint density at radius 2 is 2.33 bits per heavy atom. The minimum Gasteiger partial charge on any atom is -0.484 e. The predicted molar refractivity (Wildman–Crippen MR) is 55.8 cm³/mol. The zero-order valence-electron chi connectivity index (χ0n) is 8.32. The molecule has 2 aromatic rings. The van der Waals surface area contributed by atoms with Crippen molar-refractivity contribution in [3.8, 4) is 5.75 Å². The van der Waals surface area contributed by atoms with Crippen molar-refractivity contribution in [3.05, 3.63) is 30.5 Å². The van der Waals surface area contributed by atoms with Crippen LogP contribution >= 0.6 is 0 Å². The van der Waals surface area contributed by atoms with E-state index in [-0.39, 0.29) is 12.5 Å². The number of furan rings is 1. The number of amides is 1. The lowest BCUT2D eigenvalue weighted by Gasteiger charge is -2.04. The van der Waals surface area contributed by atoms with E-state index < -0.39 is 0 Å². The third kappa shape index (κ3) is 2.10. The number of rotatable bonds is 3. The largest absolute Gasteiger partial charge is 0.484 e. The van der Waals surface area contributed by atoms with Crippen LogP contribution in [0.5, 0.6) is 5.75 Å². The Morgan fingerprint density at radius 1 is 1.47 bits per heavy atom. The van der Waals surface area contributed by atoms with E-state index in [1.54, 1.807) is 19.4 Å². The van der Waals surface area contributed by atoms with Crippen molar-refractivity contribution in [2.45, 2.75) is 0 Å². The molecule has 1 aromatic carbocycles. The van der Waals surface area contributed by atoms with Crippen molar-refractivity contribution in [2.24, 2.45) is 0 Å². The van der Waals surface area contributed by atoms with Crippen LogP contribution in [-0.2, 0) is 4.79 Å². The summed E-state index contributed by atoms with van der Waals surface area (Å²) in [4.78, 5) is 10.9. The summed E-state index contributed by atoms with van der Waals surface area (Å²) in [6.45, 7) is 0.0276. The van der Waals surface area contributed by atoms with Crippen LogP contribution in [0.15, 0.2) is 34.9 Å². The van der Waals surface area contributed by atoms with Crippen molar-refractivity contribution < 1.29 is 13.9 Å². The van der Waals surface area contributed by atoms with E-state index in [4.69, 9.17) is 9.15 Å². The van der Waals surface area contributed by atoms with Crippen molar-refractivity contribution in [1.29, 1.82) is 0 Å². The molecule has 0 radical (unpaired) electrons. The fourth-order valence-electron chi connectivity index (χ4n) is 1.26. The number of likely N-dealkylation sites (N-methyl/N-ethyl adjacent to an activating group) is 1. The summed E-state index contributed by atoms with van der Waals surface area (Å²) in [6.07, 6.45) is 1.62. The number of carbonyl (C=O) groups excluding carboxylic acids is 1. The van der Waals surface area contributed by atoms with Crippen molar-refractivity contribution in [3.63, 3.8) is 0 Å². The number of ether oxygens (including phenoxy) is 1. The SMILES string of the molecule is CNC(=O)COc1ccc2occc2c1. The molecule has 0 bridgehead atoms. The molecule has 1 aromatic heterocycles. The standard InChI is InChI=1S/C11H11NO3/c1-12-11(13)7-15-9-2-3-10-8(6-9)4-5-14-10/h2-6H,7H2,1H3,(H,12,13). The second kappa shape index (κ2) is 4.04. The summed E-state index contributed by atoms with van der Waals surface area (Å²) < 4.78 is 10.5. The van der Waals surface area contributed by atoms with Crippen LogP contribution in [0.3, 0.4) is 0 Å². The molecule has 0 aliphatic heterocycles. The molecule has 0 saturated heterocycles. The fourth-order valence-corrected chi connectivity index (χ4v) is 1.26. The molecule has 0 atom stereocenters. The summed E-state index contributed by atoms with van der Waals surface area (Å²) in [5.41, 5.74) is 0.808. The van der Waals surface area contributed by atoms with Gasteiger partial charge in [0.05, 0.1) is 6.26 Å². The van der Waals surface area contributed by atoms with Gasteiger partial charge >= 0.3 is 0 Å². The van der Waals surface area contributed by atoms with E-state index in [1.165, 1.54) is 0 Å². The van der Waals surface area contributed by atoms with Gasteiger partial charge in [-0.25, -0.2) is 0 Å². The molecule has 4 nitrogen and oxygen atoms in total. The summed E-state index contributed by atoms with van der Waals surface area (Å²) in [5, 5.41) is 3.45. The molecule has 0 aliphatic rings. The van der Waals surface area contributed by atoms with E-state index in [9.17, 15) is 4.79 Å². The first-order chi connectivity index (χ1) is 7.29. The van der Waals surface area contributed by atoms with Gasteiger partial charge in [-0.15, -0.1) is 0 Å². The Hall–Kier alpha value is -1.97. The summed E-state index contributed by atoms with van der Waals surface area (Å²) in [6, 6.07) is 7.27. The van der Waals surface area contributed by atoms with Gasteiger partial charge in [0.2, 0.25) is 0 Å². The highest BCUT2D eigenvalue weighted by Gasteiger charge is 2.02. The second-order valence-electron chi connectivity index (χ2n) is 3.08. The fraction of sp³-hybridized carbons (Fsp3) is 0.182. The van der Waals surface area contributed by atoms with E-state index in [2.05, 4.69) is 5.32 Å². The third-order valence-corrected chi connectivity index (χ3v) is 2.07. The highest BCUT2D eigenvalue weighted by Crippen LogP contribution is 2.21. The number of nitrogens with one attached hydrogen (secondary N) is 1. The zero-order chi connectivity index (χ0) is 10.7. The summed E-state index contributed by atoms with van der Waals surface area (Å²) >= 11 is 0. The maximum atomic E-state index is 10.9. The van der Waals surface area contributed by atoms with Gasteiger partial charge in [0, 0.05) is 12.4 Å². The van der Waals surface area contributed by atoms with Gasteiger partial charge in [-0.3, -0.25) is 4.79 Å². The predicted octanol–water partition coefficient (Wildman–Crippen LogP) is 1.56. The van der Waals surface area contributed by atoms with Crippen molar-refractivity contribution >= 4 is 16.9 Å². The van der Waals surface area contributed by atoms with Crippen LogP contribution in [0.4, 0.5) is 0 Å². The lowest BCUT2D eigenvalue weighted by atomic mass is 10.2. The van der Waals surface area contributed by atoms with E-state index >= 15 is 0 Å². The summed E-state index contributed by atoms with van der Waals surface area (Å²) in [5.74, 6) is 0.509. The Bertz CT molecular complexity index is 475. The molecule has 0 saturated carbocycles. The average molecular weight is 205 g/mol. The Kier molecular flexibility index (Phi) is 2.58. The second-order valence-corrected chi connectivity index (χ2v) is 3.08.